The lowest BCUT2D eigenvalue weighted by atomic mass is 10.1. The van der Waals surface area contributed by atoms with Crippen molar-refractivity contribution in [2.75, 3.05) is 19.6 Å². The number of hydrogen-bond donors (Lipinski definition) is 3. The molecule has 2 rings (SSSR count). The van der Waals surface area contributed by atoms with Gasteiger partial charge in [-0.1, -0.05) is 12.1 Å². The van der Waals surface area contributed by atoms with Crippen molar-refractivity contribution in [1.29, 1.82) is 0 Å². The molecule has 0 aliphatic carbocycles. The van der Waals surface area contributed by atoms with E-state index >= 15 is 0 Å². The number of aliphatic carboxylic acids is 1. The van der Waals surface area contributed by atoms with E-state index in [0.717, 1.165) is 0 Å². The van der Waals surface area contributed by atoms with Crippen LogP contribution < -0.4 is 5.32 Å². The van der Waals surface area contributed by atoms with Gasteiger partial charge in [-0.05, 0) is 11.6 Å². The van der Waals surface area contributed by atoms with E-state index in [9.17, 15) is 14.7 Å². The summed E-state index contributed by atoms with van der Waals surface area (Å²) in [4.78, 5) is 23.9. The number of carbonyl (C=O) groups is 2. The Bertz CT molecular complexity index is 501. The van der Waals surface area contributed by atoms with Crippen LogP contribution in [0.1, 0.15) is 11.1 Å². The highest BCUT2D eigenvalue weighted by Crippen LogP contribution is 2.21. The third-order valence-electron chi connectivity index (χ3n) is 3.01. The predicted octanol–water partition coefficient (Wildman–Crippen LogP) is -0.0489. The molecular formula is C13H16N2O4. The van der Waals surface area contributed by atoms with Gasteiger partial charge in [0.05, 0.1) is 13.0 Å². The second-order valence-electron chi connectivity index (χ2n) is 4.59. The highest BCUT2D eigenvalue weighted by Gasteiger charge is 2.17. The van der Waals surface area contributed by atoms with Crippen LogP contribution in [-0.4, -0.2) is 46.6 Å². The Morgan fingerprint density at radius 2 is 2.21 bits per heavy atom. The van der Waals surface area contributed by atoms with E-state index in [1.807, 2.05) is 4.90 Å². The number of benzene rings is 1. The fourth-order valence-corrected chi connectivity index (χ4v) is 2.12. The molecule has 1 amide bonds. The number of aromatic hydroxyl groups is 1. The second-order valence-corrected chi connectivity index (χ2v) is 4.59. The van der Waals surface area contributed by atoms with Crippen molar-refractivity contribution < 1.29 is 19.8 Å². The predicted molar refractivity (Wildman–Crippen MR) is 67.7 cm³/mol. The first-order chi connectivity index (χ1) is 9.04. The number of rotatable bonds is 4. The van der Waals surface area contributed by atoms with Crippen molar-refractivity contribution in [1.82, 2.24) is 10.2 Å². The van der Waals surface area contributed by atoms with Crippen LogP contribution in [0.5, 0.6) is 5.75 Å². The third kappa shape index (κ3) is 3.69. The first-order valence-corrected chi connectivity index (χ1v) is 6.06. The topological polar surface area (TPSA) is 89.9 Å². The molecular weight excluding hydrogens is 248 g/mol. The van der Waals surface area contributed by atoms with Crippen molar-refractivity contribution in [2.45, 2.75) is 13.0 Å². The fraction of sp³-hybridized carbons (Fsp3) is 0.385. The van der Waals surface area contributed by atoms with Crippen molar-refractivity contribution in [2.24, 2.45) is 0 Å². The smallest absolute Gasteiger partial charge is 0.307 e. The van der Waals surface area contributed by atoms with E-state index in [2.05, 4.69) is 5.32 Å². The Morgan fingerprint density at radius 3 is 2.89 bits per heavy atom. The van der Waals surface area contributed by atoms with Crippen LogP contribution in [0.25, 0.3) is 0 Å². The Labute approximate surface area is 110 Å². The zero-order valence-electron chi connectivity index (χ0n) is 10.4. The van der Waals surface area contributed by atoms with E-state index in [-0.39, 0.29) is 18.1 Å². The molecule has 19 heavy (non-hydrogen) atoms. The highest BCUT2D eigenvalue weighted by molar-refractivity contribution is 5.78. The molecule has 0 radical (unpaired) electrons. The van der Waals surface area contributed by atoms with Crippen molar-refractivity contribution in [3.63, 3.8) is 0 Å². The number of amides is 1. The quantitative estimate of drug-likeness (QED) is 0.709. The molecule has 6 nitrogen and oxygen atoms in total. The molecule has 1 aliphatic rings. The Balaban J connectivity index is 2.09. The molecule has 0 atom stereocenters. The minimum atomic E-state index is -0.908. The van der Waals surface area contributed by atoms with Gasteiger partial charge in [-0.25, -0.2) is 0 Å². The summed E-state index contributed by atoms with van der Waals surface area (Å²) < 4.78 is 0. The minimum Gasteiger partial charge on any atom is -0.508 e. The summed E-state index contributed by atoms with van der Waals surface area (Å²) in [6, 6.07) is 4.77. The SMILES string of the molecule is O=C(O)Cc1ccc(O)c(CN2CCNC(=O)C2)c1. The lowest BCUT2D eigenvalue weighted by Crippen LogP contribution is -2.47. The van der Waals surface area contributed by atoms with Crippen molar-refractivity contribution in [3.8, 4) is 5.75 Å². The van der Waals surface area contributed by atoms with E-state index in [1.54, 1.807) is 12.1 Å². The lowest BCUT2D eigenvalue weighted by molar-refractivity contribution is -0.136. The van der Waals surface area contributed by atoms with Gasteiger partial charge in [0.2, 0.25) is 5.91 Å². The number of piperazine rings is 1. The molecule has 1 aliphatic heterocycles. The number of hydrogen-bond acceptors (Lipinski definition) is 4. The van der Waals surface area contributed by atoms with Crippen molar-refractivity contribution in [3.05, 3.63) is 29.3 Å². The van der Waals surface area contributed by atoms with Crippen molar-refractivity contribution >= 4 is 11.9 Å². The van der Waals surface area contributed by atoms with E-state index in [1.165, 1.54) is 6.07 Å². The van der Waals surface area contributed by atoms with Gasteiger partial charge < -0.3 is 15.5 Å². The van der Waals surface area contributed by atoms with E-state index in [4.69, 9.17) is 5.11 Å². The molecule has 1 aromatic carbocycles. The molecule has 3 N–H and O–H groups in total. The molecule has 0 saturated carbocycles. The van der Waals surface area contributed by atoms with Crippen LogP contribution in [0.15, 0.2) is 18.2 Å². The maximum atomic E-state index is 11.3. The lowest BCUT2D eigenvalue weighted by Gasteiger charge is -2.26. The second kappa shape index (κ2) is 5.71. The van der Waals surface area contributed by atoms with E-state index in [0.29, 0.717) is 37.3 Å². The summed E-state index contributed by atoms with van der Waals surface area (Å²) in [7, 11) is 0. The highest BCUT2D eigenvalue weighted by atomic mass is 16.4. The summed E-state index contributed by atoms with van der Waals surface area (Å²) in [5.74, 6) is -0.818. The van der Waals surface area contributed by atoms with Gasteiger partial charge in [0.25, 0.3) is 0 Å². The first kappa shape index (κ1) is 13.4. The fourth-order valence-electron chi connectivity index (χ4n) is 2.12. The van der Waals surface area contributed by atoms with Crippen LogP contribution in [0.2, 0.25) is 0 Å². The minimum absolute atomic E-state index is 0.0348. The van der Waals surface area contributed by atoms with Gasteiger partial charge in [-0.2, -0.15) is 0 Å². The number of nitrogens with zero attached hydrogens (tertiary/aromatic N) is 1. The molecule has 102 valence electrons. The summed E-state index contributed by atoms with van der Waals surface area (Å²) >= 11 is 0. The van der Waals surface area contributed by atoms with E-state index < -0.39 is 5.97 Å². The van der Waals surface area contributed by atoms with Crippen LogP contribution >= 0.6 is 0 Å². The maximum Gasteiger partial charge on any atom is 0.307 e. The Kier molecular flexibility index (Phi) is 4.01. The summed E-state index contributed by atoms with van der Waals surface area (Å²) in [5.41, 5.74) is 1.29. The van der Waals surface area contributed by atoms with Gasteiger partial charge in [0.1, 0.15) is 5.75 Å². The molecule has 0 bridgehead atoms. The summed E-state index contributed by atoms with van der Waals surface area (Å²) in [5, 5.41) is 21.3. The Hall–Kier alpha value is -2.08. The van der Waals surface area contributed by atoms with Gasteiger partial charge in [0, 0.05) is 25.2 Å². The number of phenols is 1. The largest absolute Gasteiger partial charge is 0.508 e. The van der Waals surface area contributed by atoms with Crippen LogP contribution in [0, 0.1) is 0 Å². The first-order valence-electron chi connectivity index (χ1n) is 6.06. The molecule has 6 heteroatoms. The summed E-state index contributed by atoms with van der Waals surface area (Å²) in [6.45, 7) is 2.04. The Morgan fingerprint density at radius 1 is 1.42 bits per heavy atom. The summed E-state index contributed by atoms with van der Waals surface area (Å²) in [6.07, 6.45) is -0.0756. The maximum absolute atomic E-state index is 11.3. The third-order valence-corrected chi connectivity index (χ3v) is 3.01. The molecule has 1 aromatic rings. The van der Waals surface area contributed by atoms with Gasteiger partial charge in [-0.15, -0.1) is 0 Å². The number of carbonyl (C=O) groups excluding carboxylic acids is 1. The number of carboxylic acid groups (broad SMARTS) is 1. The number of phenolic OH excluding ortho intramolecular Hbond substituents is 1. The molecule has 1 saturated heterocycles. The zero-order chi connectivity index (χ0) is 13.8. The standard InChI is InChI=1S/C13H16N2O4/c16-11-2-1-9(6-13(18)19)5-10(11)7-15-4-3-14-12(17)8-15/h1-2,5,16H,3-4,6-8H2,(H,14,17)(H,18,19). The normalized spacial score (nSPS) is 16.1. The number of carboxylic acids is 1. The van der Waals surface area contributed by atoms with Crippen LogP contribution in [0.3, 0.4) is 0 Å². The van der Waals surface area contributed by atoms with Gasteiger partial charge >= 0.3 is 5.97 Å². The molecule has 0 spiro atoms. The molecule has 1 fully saturated rings. The average molecular weight is 264 g/mol. The average Bonchev–Trinajstić information content (AvgIpc) is 2.33. The van der Waals surface area contributed by atoms with Crippen LogP contribution in [-0.2, 0) is 22.6 Å². The molecule has 1 heterocycles. The molecule has 0 unspecified atom stereocenters. The van der Waals surface area contributed by atoms with Gasteiger partial charge in [0.15, 0.2) is 0 Å². The number of nitrogens with one attached hydrogen (secondary N) is 1. The van der Waals surface area contributed by atoms with Crippen LogP contribution in [0.4, 0.5) is 0 Å². The van der Waals surface area contributed by atoms with Gasteiger partial charge in [-0.3, -0.25) is 14.5 Å². The molecule has 0 aromatic heterocycles. The zero-order valence-corrected chi connectivity index (χ0v) is 10.4. The monoisotopic (exact) mass is 264 g/mol.